The minimum absolute atomic E-state index is 0.0920. The Labute approximate surface area is 173 Å². The molecule has 158 valence electrons. The van der Waals surface area contributed by atoms with Crippen molar-refractivity contribution in [2.75, 3.05) is 27.4 Å². The number of carbonyl (C=O) groups excluding carboxylic acids is 1. The topological polar surface area (TPSA) is 98.8 Å². The number of methoxy groups -OCH3 is 2. The lowest BCUT2D eigenvalue weighted by molar-refractivity contribution is 0.100. The van der Waals surface area contributed by atoms with Crippen molar-refractivity contribution in [3.05, 3.63) is 30.5 Å². The maximum Gasteiger partial charge on any atom is 0.410 e. The molecule has 0 aliphatic carbocycles. The highest BCUT2D eigenvalue weighted by molar-refractivity contribution is 5.81. The van der Waals surface area contributed by atoms with Crippen molar-refractivity contribution in [3.63, 3.8) is 0 Å². The first-order chi connectivity index (χ1) is 14.5. The Balaban J connectivity index is 1.50. The molecule has 0 saturated carbocycles. The Bertz CT molecular complexity index is 1060. The summed E-state index contributed by atoms with van der Waals surface area (Å²) in [6, 6.07) is 7.38. The molecule has 1 unspecified atom stereocenters. The first-order valence-corrected chi connectivity index (χ1v) is 9.66. The predicted molar refractivity (Wildman–Crippen MR) is 110 cm³/mol. The van der Waals surface area contributed by atoms with E-state index < -0.39 is 0 Å². The van der Waals surface area contributed by atoms with Crippen LogP contribution in [0.2, 0.25) is 0 Å². The zero-order valence-electron chi connectivity index (χ0n) is 17.3. The number of amides is 1. The maximum absolute atomic E-state index is 11.8. The van der Waals surface area contributed by atoms with E-state index >= 15 is 0 Å². The standard InChI is InChI=1S/C21H24N4O5/c1-12(2)25-10-14(30-21(25)26)11-29-19-8-16-17(9-22-19)24-20(23-16)15-6-5-13(27-3)7-18(15)28-4/h5-9,12,14H,10-11H2,1-4H3,(H,23,24). The average molecular weight is 412 g/mol. The quantitative estimate of drug-likeness (QED) is 0.636. The Hall–Kier alpha value is -3.49. The number of benzene rings is 1. The van der Waals surface area contributed by atoms with Crippen LogP contribution < -0.4 is 14.2 Å². The summed E-state index contributed by atoms with van der Waals surface area (Å²) in [5.74, 6) is 2.42. The third-order valence-corrected chi connectivity index (χ3v) is 4.95. The second-order valence-electron chi connectivity index (χ2n) is 7.25. The minimum atomic E-state index is -0.323. The zero-order chi connectivity index (χ0) is 21.3. The highest BCUT2D eigenvalue weighted by Gasteiger charge is 2.33. The Morgan fingerprint density at radius 3 is 2.80 bits per heavy atom. The van der Waals surface area contributed by atoms with Crippen molar-refractivity contribution in [1.82, 2.24) is 19.9 Å². The molecule has 0 radical (unpaired) electrons. The molecule has 1 fully saturated rings. The fourth-order valence-corrected chi connectivity index (χ4v) is 3.32. The SMILES string of the molecule is COc1ccc(-c2nc3cc(OCC4CN(C(C)C)C(=O)O4)ncc3[nH]2)c(OC)c1. The normalized spacial score (nSPS) is 16.2. The minimum Gasteiger partial charge on any atom is -0.497 e. The molecule has 3 heterocycles. The van der Waals surface area contributed by atoms with Gasteiger partial charge in [-0.1, -0.05) is 0 Å². The molecule has 1 atom stereocenters. The summed E-state index contributed by atoms with van der Waals surface area (Å²) in [5.41, 5.74) is 2.29. The van der Waals surface area contributed by atoms with Gasteiger partial charge in [-0.2, -0.15) is 0 Å². The lowest BCUT2D eigenvalue weighted by atomic mass is 10.2. The van der Waals surface area contributed by atoms with E-state index in [-0.39, 0.29) is 24.8 Å². The molecule has 0 bridgehead atoms. The molecule has 1 saturated heterocycles. The number of ether oxygens (including phenoxy) is 4. The molecule has 2 aromatic heterocycles. The highest BCUT2D eigenvalue weighted by atomic mass is 16.6. The first kappa shape index (κ1) is 19.8. The molecule has 9 heteroatoms. The Morgan fingerprint density at radius 2 is 2.10 bits per heavy atom. The summed E-state index contributed by atoms with van der Waals surface area (Å²) < 4.78 is 21.8. The second kappa shape index (κ2) is 8.10. The summed E-state index contributed by atoms with van der Waals surface area (Å²) in [6.45, 7) is 4.64. The van der Waals surface area contributed by atoms with E-state index in [1.165, 1.54) is 0 Å². The fraction of sp³-hybridized carbons (Fsp3) is 0.381. The molecule has 9 nitrogen and oxygen atoms in total. The number of imidazole rings is 1. The molecular weight excluding hydrogens is 388 g/mol. The lowest BCUT2D eigenvalue weighted by Gasteiger charge is -2.16. The lowest BCUT2D eigenvalue weighted by Crippen LogP contribution is -2.32. The number of H-pyrrole nitrogens is 1. The van der Waals surface area contributed by atoms with E-state index in [9.17, 15) is 4.79 Å². The van der Waals surface area contributed by atoms with Crippen LogP contribution in [0.1, 0.15) is 13.8 Å². The number of fused-ring (bicyclic) bond motifs is 1. The van der Waals surface area contributed by atoms with Gasteiger partial charge in [-0.15, -0.1) is 0 Å². The van der Waals surface area contributed by atoms with Crippen LogP contribution in [0.5, 0.6) is 17.4 Å². The van der Waals surface area contributed by atoms with Crippen molar-refractivity contribution in [1.29, 1.82) is 0 Å². The number of aromatic nitrogens is 3. The molecule has 3 aromatic rings. The van der Waals surface area contributed by atoms with E-state index in [4.69, 9.17) is 18.9 Å². The first-order valence-electron chi connectivity index (χ1n) is 9.66. The molecule has 1 aliphatic rings. The summed E-state index contributed by atoms with van der Waals surface area (Å²) in [4.78, 5) is 25.7. The van der Waals surface area contributed by atoms with Gasteiger partial charge in [-0.3, -0.25) is 0 Å². The summed E-state index contributed by atoms with van der Waals surface area (Å²) >= 11 is 0. The number of nitrogens with zero attached hydrogens (tertiary/aromatic N) is 3. The number of hydrogen-bond acceptors (Lipinski definition) is 7. The molecular formula is C21H24N4O5. The van der Waals surface area contributed by atoms with Crippen LogP contribution in [0.25, 0.3) is 22.4 Å². The molecule has 0 spiro atoms. The molecule has 1 aromatic carbocycles. The van der Waals surface area contributed by atoms with Gasteiger partial charge in [0.2, 0.25) is 5.88 Å². The van der Waals surface area contributed by atoms with Gasteiger partial charge in [0, 0.05) is 18.2 Å². The Morgan fingerprint density at radius 1 is 1.27 bits per heavy atom. The average Bonchev–Trinajstić information content (AvgIpc) is 3.34. The smallest absolute Gasteiger partial charge is 0.410 e. The number of rotatable bonds is 7. The molecule has 30 heavy (non-hydrogen) atoms. The van der Waals surface area contributed by atoms with Crippen LogP contribution in [0.4, 0.5) is 4.79 Å². The van der Waals surface area contributed by atoms with E-state index in [0.717, 1.165) is 11.1 Å². The van der Waals surface area contributed by atoms with Crippen LogP contribution in [0.3, 0.4) is 0 Å². The molecule has 1 aliphatic heterocycles. The van der Waals surface area contributed by atoms with E-state index in [2.05, 4.69) is 15.0 Å². The van der Waals surface area contributed by atoms with Crippen LogP contribution >= 0.6 is 0 Å². The number of aromatic amines is 1. The summed E-state index contributed by atoms with van der Waals surface area (Å²) in [5, 5.41) is 0. The molecule has 4 rings (SSSR count). The van der Waals surface area contributed by atoms with E-state index in [0.29, 0.717) is 35.3 Å². The van der Waals surface area contributed by atoms with Gasteiger partial charge in [0.15, 0.2) is 6.10 Å². The summed E-state index contributed by atoms with van der Waals surface area (Å²) in [6.07, 6.45) is 1.03. The zero-order valence-corrected chi connectivity index (χ0v) is 17.3. The van der Waals surface area contributed by atoms with E-state index in [1.54, 1.807) is 37.4 Å². The van der Waals surface area contributed by atoms with Gasteiger partial charge < -0.3 is 28.8 Å². The van der Waals surface area contributed by atoms with Crippen LogP contribution in [0, 0.1) is 0 Å². The third kappa shape index (κ3) is 3.83. The van der Waals surface area contributed by atoms with Crippen molar-refractivity contribution in [3.8, 4) is 28.8 Å². The Kier molecular flexibility index (Phi) is 5.35. The highest BCUT2D eigenvalue weighted by Crippen LogP contribution is 2.33. The predicted octanol–water partition coefficient (Wildman–Crippen LogP) is 3.25. The number of hydrogen-bond donors (Lipinski definition) is 1. The van der Waals surface area contributed by atoms with Gasteiger partial charge in [0.25, 0.3) is 0 Å². The third-order valence-electron chi connectivity index (χ3n) is 4.95. The van der Waals surface area contributed by atoms with Crippen molar-refractivity contribution < 1.29 is 23.7 Å². The van der Waals surface area contributed by atoms with Crippen LogP contribution in [0.15, 0.2) is 30.5 Å². The monoisotopic (exact) mass is 412 g/mol. The number of carbonyl (C=O) groups is 1. The number of cyclic esters (lactones) is 1. The van der Waals surface area contributed by atoms with Crippen LogP contribution in [-0.2, 0) is 4.74 Å². The maximum atomic E-state index is 11.8. The van der Waals surface area contributed by atoms with Gasteiger partial charge in [0.1, 0.15) is 23.9 Å². The van der Waals surface area contributed by atoms with Gasteiger partial charge >= 0.3 is 6.09 Å². The molecule has 1 amide bonds. The fourth-order valence-electron chi connectivity index (χ4n) is 3.32. The number of nitrogens with one attached hydrogen (secondary N) is 1. The van der Waals surface area contributed by atoms with Crippen molar-refractivity contribution in [2.24, 2.45) is 0 Å². The number of pyridine rings is 1. The summed E-state index contributed by atoms with van der Waals surface area (Å²) in [7, 11) is 3.21. The van der Waals surface area contributed by atoms with Gasteiger partial charge in [-0.25, -0.2) is 14.8 Å². The second-order valence-corrected chi connectivity index (χ2v) is 7.25. The largest absolute Gasteiger partial charge is 0.497 e. The van der Waals surface area contributed by atoms with Crippen molar-refractivity contribution in [2.45, 2.75) is 26.0 Å². The van der Waals surface area contributed by atoms with E-state index in [1.807, 2.05) is 26.0 Å². The molecule has 1 N–H and O–H groups in total. The van der Waals surface area contributed by atoms with Gasteiger partial charge in [0.05, 0.1) is 43.6 Å². The van der Waals surface area contributed by atoms with Crippen molar-refractivity contribution >= 4 is 17.1 Å². The van der Waals surface area contributed by atoms with Crippen LogP contribution in [-0.4, -0.2) is 65.5 Å². The van der Waals surface area contributed by atoms with Gasteiger partial charge in [-0.05, 0) is 26.0 Å².